The standard InChI is InChI=1S/C10H12O/c1-3-10(11)9-6-4-8(2)5-7-9/h4-7H,3H2,1-2H3. The molecule has 0 saturated heterocycles. The van der Waals surface area contributed by atoms with E-state index in [9.17, 15) is 4.79 Å². The van der Waals surface area contributed by atoms with E-state index in [-0.39, 0.29) is 5.78 Å². The fourth-order valence-corrected chi connectivity index (χ4v) is 0.944. The Balaban J connectivity index is 2.90. The molecular formula is C10H12O. The maximum atomic E-state index is 11.1. The van der Waals surface area contributed by atoms with Crippen LogP contribution in [-0.4, -0.2) is 5.78 Å². The van der Waals surface area contributed by atoms with Gasteiger partial charge in [-0.1, -0.05) is 36.8 Å². The van der Waals surface area contributed by atoms with Gasteiger partial charge in [-0.15, -0.1) is 0 Å². The van der Waals surface area contributed by atoms with E-state index in [0.717, 1.165) is 5.56 Å². The van der Waals surface area contributed by atoms with E-state index in [1.807, 2.05) is 38.1 Å². The van der Waals surface area contributed by atoms with Crippen LogP contribution in [0.1, 0.15) is 29.3 Å². The summed E-state index contributed by atoms with van der Waals surface area (Å²) < 4.78 is 0. The van der Waals surface area contributed by atoms with Gasteiger partial charge < -0.3 is 0 Å². The summed E-state index contributed by atoms with van der Waals surface area (Å²) in [5.74, 6) is 0.213. The highest BCUT2D eigenvalue weighted by molar-refractivity contribution is 5.95. The van der Waals surface area contributed by atoms with Crippen molar-refractivity contribution in [1.29, 1.82) is 0 Å². The van der Waals surface area contributed by atoms with E-state index in [2.05, 4.69) is 0 Å². The van der Waals surface area contributed by atoms with Crippen LogP contribution in [0.25, 0.3) is 0 Å². The van der Waals surface area contributed by atoms with E-state index in [0.29, 0.717) is 6.42 Å². The van der Waals surface area contributed by atoms with Crippen molar-refractivity contribution in [3.05, 3.63) is 35.4 Å². The molecule has 0 aliphatic rings. The Bertz CT molecular complexity index is 246. The topological polar surface area (TPSA) is 17.1 Å². The molecule has 1 rings (SSSR count). The molecule has 0 saturated carbocycles. The maximum Gasteiger partial charge on any atom is 0.162 e. The van der Waals surface area contributed by atoms with E-state index < -0.39 is 0 Å². The first kappa shape index (κ1) is 7.99. The molecule has 0 unspecified atom stereocenters. The van der Waals surface area contributed by atoms with Crippen molar-refractivity contribution in [2.24, 2.45) is 0 Å². The quantitative estimate of drug-likeness (QED) is 0.589. The van der Waals surface area contributed by atoms with Crippen molar-refractivity contribution in [3.63, 3.8) is 0 Å². The molecule has 0 amide bonds. The molecule has 58 valence electrons. The third-order valence-electron chi connectivity index (χ3n) is 1.69. The van der Waals surface area contributed by atoms with Gasteiger partial charge in [-0.25, -0.2) is 0 Å². The van der Waals surface area contributed by atoms with Crippen molar-refractivity contribution < 1.29 is 4.79 Å². The normalized spacial score (nSPS) is 9.64. The minimum Gasteiger partial charge on any atom is -0.294 e. The fourth-order valence-electron chi connectivity index (χ4n) is 0.944. The first-order chi connectivity index (χ1) is 5.24. The van der Waals surface area contributed by atoms with E-state index >= 15 is 0 Å². The summed E-state index contributed by atoms with van der Waals surface area (Å²) in [7, 11) is 0. The zero-order chi connectivity index (χ0) is 8.27. The Morgan fingerprint density at radius 1 is 1.27 bits per heavy atom. The number of ketones is 1. The molecule has 1 heteroatoms. The Hall–Kier alpha value is -1.11. The zero-order valence-electron chi connectivity index (χ0n) is 6.92. The summed E-state index contributed by atoms with van der Waals surface area (Å²) in [6.45, 7) is 3.89. The van der Waals surface area contributed by atoms with Crippen LogP contribution >= 0.6 is 0 Å². The highest BCUT2D eigenvalue weighted by Crippen LogP contribution is 2.05. The van der Waals surface area contributed by atoms with Gasteiger partial charge >= 0.3 is 0 Å². The molecule has 11 heavy (non-hydrogen) atoms. The second kappa shape index (κ2) is 3.33. The van der Waals surface area contributed by atoms with Gasteiger partial charge in [-0.05, 0) is 6.92 Å². The van der Waals surface area contributed by atoms with Crippen molar-refractivity contribution in [2.75, 3.05) is 0 Å². The minimum atomic E-state index is 0.213. The van der Waals surface area contributed by atoms with Crippen molar-refractivity contribution in [2.45, 2.75) is 20.3 Å². The van der Waals surface area contributed by atoms with Crippen LogP contribution in [0.5, 0.6) is 0 Å². The molecule has 0 heterocycles. The van der Waals surface area contributed by atoms with Gasteiger partial charge in [0.15, 0.2) is 5.78 Å². The zero-order valence-corrected chi connectivity index (χ0v) is 6.92. The van der Waals surface area contributed by atoms with Crippen molar-refractivity contribution in [1.82, 2.24) is 0 Å². The highest BCUT2D eigenvalue weighted by atomic mass is 16.1. The van der Waals surface area contributed by atoms with Crippen molar-refractivity contribution >= 4 is 5.78 Å². The molecule has 0 aliphatic carbocycles. The number of carbonyl (C=O) groups excluding carboxylic acids is 1. The van der Waals surface area contributed by atoms with E-state index in [1.165, 1.54) is 5.56 Å². The Labute approximate surface area is 67.1 Å². The number of hydrogen-bond donors (Lipinski definition) is 0. The smallest absolute Gasteiger partial charge is 0.162 e. The lowest BCUT2D eigenvalue weighted by atomic mass is 10.1. The maximum absolute atomic E-state index is 11.1. The summed E-state index contributed by atoms with van der Waals surface area (Å²) in [4.78, 5) is 11.1. The van der Waals surface area contributed by atoms with Crippen molar-refractivity contribution in [3.8, 4) is 0 Å². The number of carbonyl (C=O) groups is 1. The van der Waals surface area contributed by atoms with E-state index in [1.54, 1.807) is 0 Å². The van der Waals surface area contributed by atoms with Gasteiger partial charge in [0.25, 0.3) is 0 Å². The lowest BCUT2D eigenvalue weighted by Gasteiger charge is -1.96. The molecule has 1 aromatic rings. The van der Waals surface area contributed by atoms with E-state index in [4.69, 9.17) is 0 Å². The lowest BCUT2D eigenvalue weighted by molar-refractivity contribution is 0.0988. The van der Waals surface area contributed by atoms with Gasteiger partial charge in [-0.3, -0.25) is 4.79 Å². The summed E-state index contributed by atoms with van der Waals surface area (Å²) >= 11 is 0. The fraction of sp³-hybridized carbons (Fsp3) is 0.300. The lowest BCUT2D eigenvalue weighted by Crippen LogP contribution is -1.95. The van der Waals surface area contributed by atoms with Gasteiger partial charge in [0, 0.05) is 12.0 Å². The van der Waals surface area contributed by atoms with Gasteiger partial charge in [0.1, 0.15) is 0 Å². The van der Waals surface area contributed by atoms with Crippen LogP contribution in [0.3, 0.4) is 0 Å². The summed E-state index contributed by atoms with van der Waals surface area (Å²) in [6.07, 6.45) is 0.586. The third kappa shape index (κ3) is 1.90. The molecule has 0 radical (unpaired) electrons. The van der Waals surface area contributed by atoms with Crippen LogP contribution in [0.15, 0.2) is 24.3 Å². The predicted molar refractivity (Wildman–Crippen MR) is 45.8 cm³/mol. The number of rotatable bonds is 2. The number of aryl methyl sites for hydroxylation is 1. The monoisotopic (exact) mass is 148 g/mol. The molecule has 0 spiro atoms. The first-order valence-corrected chi connectivity index (χ1v) is 3.84. The molecule has 1 nitrogen and oxygen atoms in total. The van der Waals surface area contributed by atoms with Crippen LogP contribution in [0.2, 0.25) is 0 Å². The van der Waals surface area contributed by atoms with Crippen LogP contribution in [0.4, 0.5) is 0 Å². The highest BCUT2D eigenvalue weighted by Gasteiger charge is 1.99. The molecule has 0 atom stereocenters. The molecule has 0 fully saturated rings. The first-order valence-electron chi connectivity index (χ1n) is 3.84. The molecule has 0 aromatic heterocycles. The Morgan fingerprint density at radius 2 is 1.82 bits per heavy atom. The van der Waals surface area contributed by atoms with Gasteiger partial charge in [0.05, 0.1) is 0 Å². The number of hydrogen-bond acceptors (Lipinski definition) is 1. The average Bonchev–Trinajstić information content (AvgIpc) is 2.05. The summed E-state index contributed by atoms with van der Waals surface area (Å²) in [5.41, 5.74) is 2.01. The molecule has 1 aromatic carbocycles. The third-order valence-corrected chi connectivity index (χ3v) is 1.69. The second-order valence-electron chi connectivity index (χ2n) is 2.64. The molecular weight excluding hydrogens is 136 g/mol. The minimum absolute atomic E-state index is 0.213. The Morgan fingerprint density at radius 3 is 2.27 bits per heavy atom. The molecule has 0 aliphatic heterocycles. The number of benzene rings is 1. The Kier molecular flexibility index (Phi) is 2.42. The summed E-state index contributed by atoms with van der Waals surface area (Å²) in [6, 6.07) is 7.67. The average molecular weight is 148 g/mol. The van der Waals surface area contributed by atoms with Crippen LogP contribution < -0.4 is 0 Å². The van der Waals surface area contributed by atoms with Gasteiger partial charge in [-0.2, -0.15) is 0 Å². The number of Topliss-reactive ketones (excluding diaryl/α,β-unsaturated/α-hetero) is 1. The molecule has 0 bridgehead atoms. The largest absolute Gasteiger partial charge is 0.294 e. The van der Waals surface area contributed by atoms with Crippen LogP contribution in [0, 0.1) is 6.92 Å². The predicted octanol–water partition coefficient (Wildman–Crippen LogP) is 2.59. The van der Waals surface area contributed by atoms with Gasteiger partial charge in [0.2, 0.25) is 0 Å². The van der Waals surface area contributed by atoms with Crippen LogP contribution in [-0.2, 0) is 0 Å². The summed E-state index contributed by atoms with van der Waals surface area (Å²) in [5, 5.41) is 0. The second-order valence-corrected chi connectivity index (χ2v) is 2.64. The molecule has 0 N–H and O–H groups in total. The SMILES string of the molecule is CCC(=O)c1ccc(C)cc1.